The molecule has 1 aliphatic carbocycles. The van der Waals surface area contributed by atoms with Gasteiger partial charge in [-0.25, -0.2) is 4.39 Å². The van der Waals surface area contributed by atoms with E-state index in [2.05, 4.69) is 6.92 Å². The van der Waals surface area contributed by atoms with Gasteiger partial charge in [-0.3, -0.25) is 0 Å². The minimum Gasteiger partial charge on any atom is -0.327 e. The van der Waals surface area contributed by atoms with Crippen molar-refractivity contribution < 1.29 is 4.39 Å². The van der Waals surface area contributed by atoms with Crippen molar-refractivity contribution in [3.63, 3.8) is 0 Å². The van der Waals surface area contributed by atoms with Crippen LogP contribution in [0.5, 0.6) is 0 Å². The molecule has 0 spiro atoms. The third-order valence-electron chi connectivity index (χ3n) is 3.44. The molecule has 0 heterocycles. The number of hydrogen-bond donors (Lipinski definition) is 1. The Labute approximate surface area is 94.4 Å². The second-order valence-electron chi connectivity index (χ2n) is 4.25. The maximum atomic E-state index is 13.0. The van der Waals surface area contributed by atoms with E-state index in [1.165, 1.54) is 6.07 Å². The van der Waals surface area contributed by atoms with E-state index < -0.39 is 0 Å². The van der Waals surface area contributed by atoms with Crippen LogP contribution in [0.4, 0.5) is 4.39 Å². The summed E-state index contributed by atoms with van der Waals surface area (Å²) in [6.07, 6.45) is 2.06. The monoisotopic (exact) mass is 227 g/mol. The van der Waals surface area contributed by atoms with Gasteiger partial charge in [0.1, 0.15) is 5.82 Å². The molecule has 15 heavy (non-hydrogen) atoms. The van der Waals surface area contributed by atoms with Crippen molar-refractivity contribution in [3.8, 4) is 0 Å². The fraction of sp³-hybridized carbons (Fsp3) is 0.500. The molecule has 3 unspecified atom stereocenters. The zero-order chi connectivity index (χ0) is 11.0. The summed E-state index contributed by atoms with van der Waals surface area (Å²) in [4.78, 5) is 0. The quantitative estimate of drug-likeness (QED) is 0.824. The highest BCUT2D eigenvalue weighted by atomic mass is 35.5. The Bertz CT molecular complexity index is 367. The predicted molar refractivity (Wildman–Crippen MR) is 60.5 cm³/mol. The first-order chi connectivity index (χ1) is 7.13. The van der Waals surface area contributed by atoms with Crippen LogP contribution in [0.1, 0.15) is 31.2 Å². The highest BCUT2D eigenvalue weighted by Crippen LogP contribution is 2.44. The minimum absolute atomic E-state index is 0.211. The molecule has 0 radical (unpaired) electrons. The third kappa shape index (κ3) is 1.88. The highest BCUT2D eigenvalue weighted by Gasteiger charge is 2.38. The molecule has 3 heteroatoms. The largest absolute Gasteiger partial charge is 0.327 e. The standard InChI is InChI=1S/C12H15ClFN/c1-2-8-9(6-12(8)15)7-3-4-11(14)10(13)5-7/h3-5,8-9,12H,2,6,15H2,1H3. The summed E-state index contributed by atoms with van der Waals surface area (Å²) in [6, 6.07) is 5.29. The molecule has 0 bridgehead atoms. The third-order valence-corrected chi connectivity index (χ3v) is 3.73. The molecule has 0 saturated heterocycles. The van der Waals surface area contributed by atoms with Gasteiger partial charge in [0.15, 0.2) is 0 Å². The molecule has 1 saturated carbocycles. The molecule has 2 rings (SSSR count). The molecule has 1 aromatic rings. The van der Waals surface area contributed by atoms with Gasteiger partial charge >= 0.3 is 0 Å². The zero-order valence-corrected chi connectivity index (χ0v) is 9.47. The first-order valence-electron chi connectivity index (χ1n) is 5.34. The second kappa shape index (κ2) is 4.11. The van der Waals surface area contributed by atoms with Crippen molar-refractivity contribution >= 4 is 11.6 Å². The Morgan fingerprint density at radius 1 is 1.53 bits per heavy atom. The molecule has 1 nitrogen and oxygen atoms in total. The number of halogens is 2. The molecule has 1 fully saturated rings. The van der Waals surface area contributed by atoms with E-state index in [1.54, 1.807) is 6.07 Å². The topological polar surface area (TPSA) is 26.0 Å². The Kier molecular flexibility index (Phi) is 2.98. The molecule has 82 valence electrons. The number of benzene rings is 1. The fourth-order valence-electron chi connectivity index (χ4n) is 2.46. The maximum absolute atomic E-state index is 13.0. The summed E-state index contributed by atoms with van der Waals surface area (Å²) < 4.78 is 13.0. The Morgan fingerprint density at radius 2 is 2.27 bits per heavy atom. The first-order valence-corrected chi connectivity index (χ1v) is 5.71. The Balaban J connectivity index is 2.20. The van der Waals surface area contributed by atoms with Crippen LogP contribution >= 0.6 is 11.6 Å². The van der Waals surface area contributed by atoms with E-state index in [-0.39, 0.29) is 10.8 Å². The lowest BCUT2D eigenvalue weighted by Gasteiger charge is -2.42. The summed E-state index contributed by atoms with van der Waals surface area (Å²) >= 11 is 5.76. The van der Waals surface area contributed by atoms with Crippen LogP contribution in [-0.2, 0) is 0 Å². The van der Waals surface area contributed by atoms with E-state index in [4.69, 9.17) is 17.3 Å². The van der Waals surface area contributed by atoms with E-state index in [0.717, 1.165) is 18.4 Å². The van der Waals surface area contributed by atoms with Gasteiger partial charge in [-0.1, -0.05) is 31.0 Å². The van der Waals surface area contributed by atoms with Crippen molar-refractivity contribution in [1.82, 2.24) is 0 Å². The minimum atomic E-state index is -0.350. The average Bonchev–Trinajstić information content (AvgIpc) is 2.19. The van der Waals surface area contributed by atoms with Crippen LogP contribution in [-0.4, -0.2) is 6.04 Å². The smallest absolute Gasteiger partial charge is 0.141 e. The molecule has 0 aromatic heterocycles. The van der Waals surface area contributed by atoms with Gasteiger partial charge < -0.3 is 5.73 Å². The van der Waals surface area contributed by atoms with Crippen molar-refractivity contribution in [2.75, 3.05) is 0 Å². The van der Waals surface area contributed by atoms with Gasteiger partial charge in [0.05, 0.1) is 5.02 Å². The molecule has 2 N–H and O–H groups in total. The number of rotatable bonds is 2. The summed E-state index contributed by atoms with van der Waals surface area (Å²) in [5.74, 6) is 0.631. The molecule has 3 atom stereocenters. The molecule has 1 aliphatic rings. The lowest BCUT2D eigenvalue weighted by atomic mass is 9.65. The van der Waals surface area contributed by atoms with Crippen LogP contribution in [0, 0.1) is 11.7 Å². The van der Waals surface area contributed by atoms with Crippen molar-refractivity contribution in [2.45, 2.75) is 31.7 Å². The molecular weight excluding hydrogens is 213 g/mol. The Hall–Kier alpha value is -0.600. The fourth-order valence-corrected chi connectivity index (χ4v) is 2.65. The van der Waals surface area contributed by atoms with Crippen molar-refractivity contribution in [1.29, 1.82) is 0 Å². The molecule has 0 aliphatic heterocycles. The van der Waals surface area contributed by atoms with E-state index in [1.807, 2.05) is 6.07 Å². The van der Waals surface area contributed by atoms with Gasteiger partial charge in [0.25, 0.3) is 0 Å². The van der Waals surface area contributed by atoms with Crippen molar-refractivity contribution in [3.05, 3.63) is 34.6 Å². The lowest BCUT2D eigenvalue weighted by molar-refractivity contribution is 0.198. The van der Waals surface area contributed by atoms with Crippen molar-refractivity contribution in [2.24, 2.45) is 11.7 Å². The number of nitrogens with two attached hydrogens (primary N) is 1. The highest BCUT2D eigenvalue weighted by molar-refractivity contribution is 6.30. The number of hydrogen-bond acceptors (Lipinski definition) is 1. The van der Waals surface area contributed by atoms with E-state index in [9.17, 15) is 4.39 Å². The van der Waals surface area contributed by atoms with Crippen LogP contribution in [0.25, 0.3) is 0 Å². The normalized spacial score (nSPS) is 30.0. The summed E-state index contributed by atoms with van der Waals surface area (Å²) in [5, 5.41) is 0.211. The molecule has 1 aromatic carbocycles. The SMILES string of the molecule is CCC1C(N)CC1c1ccc(F)c(Cl)c1. The maximum Gasteiger partial charge on any atom is 0.141 e. The van der Waals surface area contributed by atoms with Crippen LogP contribution < -0.4 is 5.73 Å². The van der Waals surface area contributed by atoms with Crippen LogP contribution in [0.2, 0.25) is 5.02 Å². The van der Waals surface area contributed by atoms with E-state index >= 15 is 0 Å². The first kappa shape index (κ1) is 10.9. The van der Waals surface area contributed by atoms with Gasteiger partial charge in [-0.2, -0.15) is 0 Å². The van der Waals surface area contributed by atoms with Gasteiger partial charge in [-0.15, -0.1) is 0 Å². The molecule has 0 amide bonds. The van der Waals surface area contributed by atoms with Crippen LogP contribution in [0.3, 0.4) is 0 Å². The van der Waals surface area contributed by atoms with Crippen LogP contribution in [0.15, 0.2) is 18.2 Å². The Morgan fingerprint density at radius 3 is 2.80 bits per heavy atom. The van der Waals surface area contributed by atoms with Gasteiger partial charge in [0, 0.05) is 6.04 Å². The average molecular weight is 228 g/mol. The summed E-state index contributed by atoms with van der Waals surface area (Å²) in [6.45, 7) is 2.14. The molecular formula is C12H15ClFN. The summed E-state index contributed by atoms with van der Waals surface area (Å²) in [7, 11) is 0. The predicted octanol–water partition coefficient (Wildman–Crippen LogP) is 3.32. The zero-order valence-electron chi connectivity index (χ0n) is 8.71. The lowest BCUT2D eigenvalue weighted by Crippen LogP contribution is -2.45. The second-order valence-corrected chi connectivity index (χ2v) is 4.66. The van der Waals surface area contributed by atoms with Gasteiger partial charge in [0.2, 0.25) is 0 Å². The summed E-state index contributed by atoms with van der Waals surface area (Å²) in [5.41, 5.74) is 7.04. The van der Waals surface area contributed by atoms with E-state index in [0.29, 0.717) is 17.9 Å². The van der Waals surface area contributed by atoms with Gasteiger partial charge in [-0.05, 0) is 36.0 Å².